The number of nitrogen functional groups attached to an aromatic ring is 1. The van der Waals surface area contributed by atoms with E-state index in [0.717, 1.165) is 0 Å². The zero-order valence-electron chi connectivity index (χ0n) is 11.5. The van der Waals surface area contributed by atoms with Crippen LogP contribution < -0.4 is 35.3 Å². The zero-order chi connectivity index (χ0) is 14.0. The fraction of sp³-hybridized carbons (Fsp3) is 0.167. The molecule has 0 atom stereocenters. The molecular weight excluding hydrogens is 287 g/mol. The summed E-state index contributed by atoms with van der Waals surface area (Å²) in [6.45, 7) is 3.51. The number of benzene rings is 1. The van der Waals surface area contributed by atoms with Gasteiger partial charge in [-0.15, -0.1) is 0 Å². The van der Waals surface area contributed by atoms with Crippen molar-refractivity contribution in [2.24, 2.45) is 0 Å². The Morgan fingerprint density at radius 1 is 1.05 bits per heavy atom. The van der Waals surface area contributed by atoms with Crippen LogP contribution in [-0.4, -0.2) is 18.4 Å². The summed E-state index contributed by atoms with van der Waals surface area (Å²) in [6.07, 6.45) is 0. The predicted molar refractivity (Wildman–Crippen MR) is 72.6 cm³/mol. The van der Waals surface area contributed by atoms with Gasteiger partial charge in [-0.25, -0.2) is 8.42 Å². The summed E-state index contributed by atoms with van der Waals surface area (Å²) >= 11 is 0. The second kappa shape index (κ2) is 6.53. The normalized spacial score (nSPS) is 10.7. The van der Waals surface area contributed by atoms with Crippen LogP contribution in [-0.2, 0) is 10.0 Å². The Morgan fingerprint density at radius 3 is 2.05 bits per heavy atom. The second-order valence-corrected chi connectivity index (χ2v) is 5.69. The molecule has 0 fully saturated rings. The van der Waals surface area contributed by atoms with Gasteiger partial charge in [0.1, 0.15) is 0 Å². The predicted octanol–water partition coefficient (Wildman–Crippen LogP) is -0.926. The maximum absolute atomic E-state index is 12.0. The van der Waals surface area contributed by atoms with Crippen LogP contribution in [0.2, 0.25) is 0 Å². The first kappa shape index (κ1) is 16.9. The van der Waals surface area contributed by atoms with E-state index in [1.165, 1.54) is 24.3 Å². The molecule has 1 aromatic heterocycles. The van der Waals surface area contributed by atoms with Crippen LogP contribution >= 0.6 is 0 Å². The number of anilines is 1. The summed E-state index contributed by atoms with van der Waals surface area (Å²) in [5, 5.41) is 0. The third-order valence-electron chi connectivity index (χ3n) is 2.35. The number of hydrogen-bond donors (Lipinski definition) is 1. The van der Waals surface area contributed by atoms with Crippen LogP contribution in [0.5, 0.6) is 0 Å². The Bertz CT molecular complexity index is 682. The summed E-state index contributed by atoms with van der Waals surface area (Å²) in [7, 11) is -3.82. The van der Waals surface area contributed by atoms with E-state index in [-0.39, 0.29) is 40.4 Å². The molecule has 0 aliphatic carbocycles. The van der Waals surface area contributed by atoms with Crippen molar-refractivity contribution in [3.63, 3.8) is 0 Å². The molecule has 0 radical (unpaired) electrons. The van der Waals surface area contributed by atoms with Crippen molar-refractivity contribution >= 4 is 21.7 Å². The van der Waals surface area contributed by atoms with Crippen LogP contribution in [0.3, 0.4) is 0 Å². The SMILES string of the molecule is Cc1cc(C)nc([N-]S(=O)(=O)c2ccc(N)cc2)n1.[Na+]. The minimum Gasteiger partial charge on any atom is -0.399 e. The van der Waals surface area contributed by atoms with Gasteiger partial charge < -0.3 is 15.7 Å². The van der Waals surface area contributed by atoms with Crippen molar-refractivity contribution < 1.29 is 38.0 Å². The van der Waals surface area contributed by atoms with Crippen molar-refractivity contribution in [1.82, 2.24) is 9.97 Å². The molecule has 0 amide bonds. The number of nitrogens with two attached hydrogens (primary N) is 1. The minimum atomic E-state index is -3.82. The van der Waals surface area contributed by atoms with Crippen molar-refractivity contribution in [3.8, 4) is 0 Å². The zero-order valence-corrected chi connectivity index (χ0v) is 14.3. The fourth-order valence-corrected chi connectivity index (χ4v) is 2.43. The van der Waals surface area contributed by atoms with Gasteiger partial charge in [0, 0.05) is 11.6 Å². The molecular formula is C12H13N4NaO2S. The molecule has 1 heterocycles. The quantitative estimate of drug-likeness (QED) is 0.583. The van der Waals surface area contributed by atoms with E-state index in [4.69, 9.17) is 5.73 Å². The standard InChI is InChI=1S/C12H13N4O2S.Na/c1-8-7-9(2)15-12(14-8)16-19(17,18)11-5-3-10(13)4-6-11;/h3-7H,13H2,1-2H3;/q-1;+1. The van der Waals surface area contributed by atoms with Gasteiger partial charge in [-0.2, -0.15) is 0 Å². The summed E-state index contributed by atoms with van der Waals surface area (Å²) in [5.41, 5.74) is 7.33. The summed E-state index contributed by atoms with van der Waals surface area (Å²) < 4.78 is 27.7. The van der Waals surface area contributed by atoms with Gasteiger partial charge in [0.15, 0.2) is 0 Å². The number of aryl methyl sites for hydroxylation is 2. The average Bonchev–Trinajstić information content (AvgIpc) is 2.27. The van der Waals surface area contributed by atoms with Crippen LogP contribution in [0, 0.1) is 13.8 Å². The Labute approximate surface area is 140 Å². The molecule has 8 heteroatoms. The number of aromatic nitrogens is 2. The smallest absolute Gasteiger partial charge is 0.399 e. The van der Waals surface area contributed by atoms with Gasteiger partial charge in [-0.1, -0.05) is 6.07 Å². The van der Waals surface area contributed by atoms with Crippen LogP contribution in [0.4, 0.5) is 11.6 Å². The molecule has 100 valence electrons. The molecule has 20 heavy (non-hydrogen) atoms. The third kappa shape index (κ3) is 4.17. The van der Waals surface area contributed by atoms with Gasteiger partial charge in [0.25, 0.3) is 0 Å². The number of nitrogens with zero attached hydrogens (tertiary/aromatic N) is 3. The van der Waals surface area contributed by atoms with Crippen LogP contribution in [0.25, 0.3) is 4.72 Å². The Morgan fingerprint density at radius 2 is 1.55 bits per heavy atom. The number of hydrogen-bond acceptors (Lipinski definition) is 5. The molecule has 0 aliphatic rings. The second-order valence-electron chi connectivity index (χ2n) is 4.09. The summed E-state index contributed by atoms with van der Waals surface area (Å²) in [4.78, 5) is 8.02. The van der Waals surface area contributed by atoms with E-state index >= 15 is 0 Å². The molecule has 0 unspecified atom stereocenters. The molecule has 2 N–H and O–H groups in total. The largest absolute Gasteiger partial charge is 1.00 e. The maximum atomic E-state index is 12.0. The molecule has 0 aliphatic heterocycles. The minimum absolute atomic E-state index is 0. The van der Waals surface area contributed by atoms with E-state index in [1.807, 2.05) is 0 Å². The van der Waals surface area contributed by atoms with Crippen molar-refractivity contribution in [2.75, 3.05) is 5.73 Å². The van der Waals surface area contributed by atoms with E-state index in [1.54, 1.807) is 19.9 Å². The van der Waals surface area contributed by atoms with Crippen LogP contribution in [0.1, 0.15) is 11.4 Å². The molecule has 0 saturated carbocycles. The summed E-state index contributed by atoms with van der Waals surface area (Å²) in [6, 6.07) is 7.55. The van der Waals surface area contributed by atoms with Gasteiger partial charge in [0.05, 0.1) is 4.90 Å². The Balaban J connectivity index is 0.00000200. The summed E-state index contributed by atoms with van der Waals surface area (Å²) in [5.74, 6) is -0.0608. The van der Waals surface area contributed by atoms with Gasteiger partial charge in [0.2, 0.25) is 10.0 Å². The Hall–Kier alpha value is -1.15. The van der Waals surface area contributed by atoms with Gasteiger partial charge in [-0.05, 0) is 49.5 Å². The first-order valence-corrected chi connectivity index (χ1v) is 6.97. The van der Waals surface area contributed by atoms with E-state index in [9.17, 15) is 8.42 Å². The molecule has 0 saturated heterocycles. The average molecular weight is 300 g/mol. The third-order valence-corrected chi connectivity index (χ3v) is 3.62. The first-order valence-electron chi connectivity index (χ1n) is 5.53. The molecule has 2 rings (SSSR count). The first-order chi connectivity index (χ1) is 8.87. The number of rotatable bonds is 3. The monoisotopic (exact) mass is 300 g/mol. The number of sulfonamides is 1. The molecule has 1 aromatic carbocycles. The molecule has 0 spiro atoms. The maximum Gasteiger partial charge on any atom is 1.00 e. The molecule has 6 nitrogen and oxygen atoms in total. The fourth-order valence-electron chi connectivity index (χ4n) is 1.55. The van der Waals surface area contributed by atoms with Crippen LogP contribution in [0.15, 0.2) is 35.2 Å². The van der Waals surface area contributed by atoms with Crippen molar-refractivity contribution in [1.29, 1.82) is 0 Å². The topological polar surface area (TPSA) is 100 Å². The van der Waals surface area contributed by atoms with E-state index < -0.39 is 10.0 Å². The van der Waals surface area contributed by atoms with E-state index in [0.29, 0.717) is 17.1 Å². The Kier molecular flexibility index (Phi) is 5.52. The van der Waals surface area contributed by atoms with E-state index in [2.05, 4.69) is 14.7 Å². The van der Waals surface area contributed by atoms with Gasteiger partial charge in [-0.3, -0.25) is 4.72 Å². The van der Waals surface area contributed by atoms with Gasteiger partial charge >= 0.3 is 29.6 Å². The van der Waals surface area contributed by atoms with Crippen molar-refractivity contribution in [2.45, 2.75) is 18.7 Å². The van der Waals surface area contributed by atoms with Crippen molar-refractivity contribution in [3.05, 3.63) is 46.4 Å². The molecule has 0 bridgehead atoms. The molecule has 2 aromatic rings.